The SMILES string of the molecule is Clc1ccc(N2N3C(=NC2(c2ccccc2)c2ccccc2)N2C(=NC(c4ccccc4)(c4ccccc4)N2c2ccc(Cl)cc2)N2C3=NC(c3ccccc3)(c3ccccc3)N2c2ccc(Cl)cc2)cc1. The van der Waals surface area contributed by atoms with Crippen LogP contribution in [0.15, 0.2) is 270 Å². The number of nitrogens with zero attached hydrogens (tertiary/aromatic N) is 9. The van der Waals surface area contributed by atoms with Gasteiger partial charge in [0.2, 0.25) is 17.0 Å². The van der Waals surface area contributed by atoms with Gasteiger partial charge in [-0.3, -0.25) is 0 Å². The van der Waals surface area contributed by atoms with Crippen molar-refractivity contribution in [2.24, 2.45) is 15.0 Å². The Morgan fingerprint density at radius 1 is 0.236 bits per heavy atom. The molecule has 0 aromatic heterocycles. The first-order valence-corrected chi connectivity index (χ1v) is 24.8. The van der Waals surface area contributed by atoms with E-state index in [1.54, 1.807) is 0 Å². The highest BCUT2D eigenvalue weighted by Crippen LogP contribution is 2.56. The van der Waals surface area contributed by atoms with Crippen LogP contribution < -0.4 is 15.0 Å². The lowest BCUT2D eigenvalue weighted by Gasteiger charge is -2.50. The van der Waals surface area contributed by atoms with E-state index in [1.165, 1.54) is 0 Å². The Kier molecular flexibility index (Phi) is 10.4. The van der Waals surface area contributed by atoms with Gasteiger partial charge < -0.3 is 0 Å². The lowest BCUT2D eigenvalue weighted by Crippen LogP contribution is -2.72. The van der Waals surface area contributed by atoms with Crippen LogP contribution in [0.25, 0.3) is 0 Å². The lowest BCUT2D eigenvalue weighted by atomic mass is 9.90. The Hall–Kier alpha value is -8.34. The van der Waals surface area contributed by atoms with Gasteiger partial charge in [-0.25, -0.2) is 30.0 Å². The molecule has 0 spiro atoms. The zero-order chi connectivity index (χ0) is 48.4. The number of halogens is 3. The minimum atomic E-state index is -1.26. The Morgan fingerprint density at radius 3 is 0.597 bits per heavy atom. The summed E-state index contributed by atoms with van der Waals surface area (Å²) in [4.78, 5) is 18.6. The number of hydrogen-bond donors (Lipinski definition) is 0. The molecule has 0 aliphatic carbocycles. The molecule has 4 aliphatic rings. The van der Waals surface area contributed by atoms with Gasteiger partial charge in [-0.2, -0.15) is 15.0 Å². The van der Waals surface area contributed by atoms with Gasteiger partial charge in [-0.1, -0.05) is 217 Å². The molecule has 1 fully saturated rings. The van der Waals surface area contributed by atoms with E-state index in [1.807, 2.05) is 109 Å². The monoisotopic (exact) mass is 993 g/mol. The van der Waals surface area contributed by atoms with E-state index < -0.39 is 17.0 Å². The Bertz CT molecular complexity index is 3000. The maximum absolute atomic E-state index is 6.79. The topological polar surface area (TPSA) is 56.5 Å². The number of anilines is 3. The standard InChI is InChI=1S/C60H42Cl3N9/c61-49-31-37-52(38-32-49)70-58(43-19-7-1-8-20-43,44-21-9-2-10-22-44)64-55-67(70)56-65-59(45-23-11-3-12-24-45,46-25-13-4-14-26-46)72(54-41-35-51(63)36-42-54)69(56)57-66-60(47-27-15-5-16-28-47,48-29-17-6-18-30-48)71(68(55)57)53-39-33-50(62)34-40-53/h1-42H. The zero-order valence-corrected chi connectivity index (χ0v) is 40.7. The molecule has 0 N–H and O–H groups in total. The number of guanidine groups is 3. The van der Waals surface area contributed by atoms with E-state index >= 15 is 0 Å². The Labute approximate surface area is 432 Å². The molecule has 9 aromatic carbocycles. The Morgan fingerprint density at radius 2 is 0.417 bits per heavy atom. The van der Waals surface area contributed by atoms with Crippen molar-refractivity contribution in [3.8, 4) is 0 Å². The number of rotatable bonds is 9. The van der Waals surface area contributed by atoms with E-state index in [0.717, 1.165) is 50.4 Å². The number of aliphatic imine (C=N–C) groups is 3. The molecule has 0 saturated carbocycles. The maximum atomic E-state index is 6.79. The van der Waals surface area contributed by atoms with Gasteiger partial charge in [0, 0.05) is 48.4 Å². The van der Waals surface area contributed by atoms with E-state index in [4.69, 9.17) is 49.8 Å². The minimum absolute atomic E-state index is 0.531. The Balaban J connectivity index is 1.23. The molecular formula is C60H42Cl3N9. The average molecular weight is 995 g/mol. The van der Waals surface area contributed by atoms with Crippen molar-refractivity contribution in [3.63, 3.8) is 0 Å². The normalized spacial score (nSPS) is 17.0. The highest BCUT2D eigenvalue weighted by Gasteiger charge is 2.67. The van der Waals surface area contributed by atoms with Crippen LogP contribution in [0.2, 0.25) is 15.1 Å². The van der Waals surface area contributed by atoms with Crippen molar-refractivity contribution in [1.82, 2.24) is 15.0 Å². The molecule has 0 amide bonds. The molecule has 9 nitrogen and oxygen atoms in total. The molecule has 4 aliphatic heterocycles. The highest BCUT2D eigenvalue weighted by atomic mass is 35.5. The zero-order valence-electron chi connectivity index (χ0n) is 38.4. The molecule has 4 heterocycles. The summed E-state index contributed by atoms with van der Waals surface area (Å²) in [6.45, 7) is 0. The first-order chi connectivity index (χ1) is 35.4. The van der Waals surface area contributed by atoms with Gasteiger partial charge in [0.1, 0.15) is 0 Å². The maximum Gasteiger partial charge on any atom is 0.253 e. The predicted molar refractivity (Wildman–Crippen MR) is 291 cm³/mol. The summed E-state index contributed by atoms with van der Waals surface area (Å²) < 4.78 is 0. The summed E-state index contributed by atoms with van der Waals surface area (Å²) in [6, 6.07) is 86.4. The van der Waals surface area contributed by atoms with Crippen LogP contribution >= 0.6 is 34.8 Å². The summed E-state index contributed by atoms with van der Waals surface area (Å²) >= 11 is 20.4. The van der Waals surface area contributed by atoms with Crippen LogP contribution in [0.3, 0.4) is 0 Å². The van der Waals surface area contributed by atoms with Gasteiger partial charge in [-0.05, 0) is 72.8 Å². The molecule has 0 bridgehead atoms. The molecule has 13 rings (SSSR count). The number of fused-ring (bicyclic) bond motifs is 6. The van der Waals surface area contributed by atoms with Crippen LogP contribution in [-0.2, 0) is 17.0 Å². The van der Waals surface area contributed by atoms with Crippen LogP contribution in [0.4, 0.5) is 17.1 Å². The summed E-state index contributed by atoms with van der Waals surface area (Å²) in [7, 11) is 0. The first-order valence-electron chi connectivity index (χ1n) is 23.6. The molecule has 0 unspecified atom stereocenters. The minimum Gasteiger partial charge on any atom is -0.239 e. The van der Waals surface area contributed by atoms with Crippen molar-refractivity contribution >= 4 is 69.7 Å². The fourth-order valence-electron chi connectivity index (χ4n) is 10.7. The second kappa shape index (κ2) is 17.2. The molecule has 12 heteroatoms. The van der Waals surface area contributed by atoms with Crippen molar-refractivity contribution < 1.29 is 0 Å². The van der Waals surface area contributed by atoms with Crippen molar-refractivity contribution in [2.75, 3.05) is 15.0 Å². The van der Waals surface area contributed by atoms with E-state index in [-0.39, 0.29) is 0 Å². The van der Waals surface area contributed by atoms with Gasteiger partial charge in [-0.15, -0.1) is 0 Å². The summed E-state index contributed by atoms with van der Waals surface area (Å²) in [5.41, 5.74) is 4.12. The third-order valence-electron chi connectivity index (χ3n) is 13.7. The van der Waals surface area contributed by atoms with E-state index in [9.17, 15) is 0 Å². The average Bonchev–Trinajstić information content (AvgIpc) is 4.12. The number of hydrazine groups is 3. The molecule has 72 heavy (non-hydrogen) atoms. The molecule has 9 aromatic rings. The van der Waals surface area contributed by atoms with E-state index in [0.29, 0.717) is 32.9 Å². The third kappa shape index (κ3) is 6.51. The van der Waals surface area contributed by atoms with Crippen molar-refractivity contribution in [1.29, 1.82) is 0 Å². The lowest BCUT2D eigenvalue weighted by molar-refractivity contribution is 0.320. The van der Waals surface area contributed by atoms with Crippen LogP contribution in [0.1, 0.15) is 33.4 Å². The largest absolute Gasteiger partial charge is 0.253 e. The number of hydrogen-bond acceptors (Lipinski definition) is 9. The second-order valence-electron chi connectivity index (χ2n) is 17.7. The highest BCUT2D eigenvalue weighted by molar-refractivity contribution is 6.31. The quantitative estimate of drug-likeness (QED) is 0.144. The molecule has 0 radical (unpaired) electrons. The molecule has 1 saturated heterocycles. The predicted octanol–water partition coefficient (Wildman–Crippen LogP) is 13.9. The summed E-state index contributed by atoms with van der Waals surface area (Å²) in [5.74, 6) is 1.59. The fraction of sp³-hybridized carbons (Fsp3) is 0.0500. The molecule has 0 atom stereocenters. The summed E-state index contributed by atoms with van der Waals surface area (Å²) in [5, 5.41) is 15.0. The number of benzene rings is 9. The van der Waals surface area contributed by atoms with E-state index in [2.05, 4.69) is 176 Å². The second-order valence-corrected chi connectivity index (χ2v) is 19.1. The fourth-order valence-corrected chi connectivity index (χ4v) is 11.0. The first kappa shape index (κ1) is 43.7. The van der Waals surface area contributed by atoms with Crippen LogP contribution in [0, 0.1) is 0 Å². The van der Waals surface area contributed by atoms with Crippen LogP contribution in [-0.4, -0.2) is 32.9 Å². The molecule has 348 valence electrons. The van der Waals surface area contributed by atoms with Gasteiger partial charge in [0.25, 0.3) is 17.9 Å². The van der Waals surface area contributed by atoms with Gasteiger partial charge in [0.15, 0.2) is 0 Å². The van der Waals surface area contributed by atoms with Crippen molar-refractivity contribution in [3.05, 3.63) is 303 Å². The van der Waals surface area contributed by atoms with Crippen LogP contribution in [0.5, 0.6) is 0 Å². The van der Waals surface area contributed by atoms with Crippen molar-refractivity contribution in [2.45, 2.75) is 17.0 Å². The third-order valence-corrected chi connectivity index (χ3v) is 14.5. The smallest absolute Gasteiger partial charge is 0.239 e. The van der Waals surface area contributed by atoms with Gasteiger partial charge >= 0.3 is 0 Å². The van der Waals surface area contributed by atoms with Gasteiger partial charge in [0.05, 0.1) is 17.1 Å². The molecular weight excluding hydrogens is 953 g/mol. The summed E-state index contributed by atoms with van der Waals surface area (Å²) in [6.07, 6.45) is 0.